The quantitative estimate of drug-likeness (QED) is 0.892. The molecule has 7 nitrogen and oxygen atoms in total. The summed E-state index contributed by atoms with van der Waals surface area (Å²) in [5.74, 6) is 0.0413. The molecule has 0 bridgehead atoms. The fourth-order valence-electron chi connectivity index (χ4n) is 1.56. The first-order valence-corrected chi connectivity index (χ1v) is 5.87. The number of rotatable bonds is 3. The molecule has 0 aliphatic rings. The molecule has 7 heteroatoms. The number of nitrogens with zero attached hydrogens (tertiary/aromatic N) is 3. The number of methoxy groups -OCH3 is 1. The SMILES string of the molecule is COc1cc(C)nc(NC(=O)c2ccn(C)c(=O)c2)n1. The lowest BCUT2D eigenvalue weighted by Gasteiger charge is -2.06. The lowest BCUT2D eigenvalue weighted by molar-refractivity contribution is 0.102. The largest absolute Gasteiger partial charge is 0.481 e. The van der Waals surface area contributed by atoms with E-state index in [-0.39, 0.29) is 17.1 Å². The normalized spacial score (nSPS) is 10.2. The average Bonchev–Trinajstić information content (AvgIpc) is 2.41. The van der Waals surface area contributed by atoms with Crippen molar-refractivity contribution < 1.29 is 9.53 Å². The van der Waals surface area contributed by atoms with Crippen molar-refractivity contribution in [2.75, 3.05) is 12.4 Å². The van der Waals surface area contributed by atoms with Gasteiger partial charge >= 0.3 is 0 Å². The van der Waals surface area contributed by atoms with Crippen molar-refractivity contribution in [3.63, 3.8) is 0 Å². The molecule has 0 saturated heterocycles. The van der Waals surface area contributed by atoms with Crippen molar-refractivity contribution in [3.05, 3.63) is 46.0 Å². The van der Waals surface area contributed by atoms with Gasteiger partial charge in [0.25, 0.3) is 11.5 Å². The Balaban J connectivity index is 2.25. The summed E-state index contributed by atoms with van der Waals surface area (Å²) in [5.41, 5.74) is 0.647. The molecule has 104 valence electrons. The highest BCUT2D eigenvalue weighted by molar-refractivity contribution is 6.03. The maximum Gasteiger partial charge on any atom is 0.258 e. The average molecular weight is 274 g/mol. The van der Waals surface area contributed by atoms with Gasteiger partial charge in [0, 0.05) is 36.6 Å². The van der Waals surface area contributed by atoms with Crippen molar-refractivity contribution in [2.45, 2.75) is 6.92 Å². The first kappa shape index (κ1) is 13.7. The number of ether oxygens (including phenoxy) is 1. The van der Waals surface area contributed by atoms with Crippen molar-refractivity contribution in [3.8, 4) is 5.88 Å². The van der Waals surface area contributed by atoms with Crippen LogP contribution in [0.2, 0.25) is 0 Å². The van der Waals surface area contributed by atoms with Crippen LogP contribution < -0.4 is 15.6 Å². The van der Waals surface area contributed by atoms with Crippen LogP contribution >= 0.6 is 0 Å². The van der Waals surface area contributed by atoms with Crippen LogP contribution in [0.5, 0.6) is 5.88 Å². The number of amides is 1. The first-order valence-electron chi connectivity index (χ1n) is 5.87. The molecule has 2 heterocycles. The smallest absolute Gasteiger partial charge is 0.258 e. The summed E-state index contributed by atoms with van der Waals surface area (Å²) in [4.78, 5) is 31.6. The van der Waals surface area contributed by atoms with E-state index in [2.05, 4.69) is 15.3 Å². The summed E-state index contributed by atoms with van der Waals surface area (Å²) in [6.45, 7) is 1.76. The van der Waals surface area contributed by atoms with Gasteiger partial charge in [-0.25, -0.2) is 4.98 Å². The van der Waals surface area contributed by atoms with Gasteiger partial charge in [0.15, 0.2) is 0 Å². The molecule has 0 unspecified atom stereocenters. The van der Waals surface area contributed by atoms with E-state index in [9.17, 15) is 9.59 Å². The van der Waals surface area contributed by atoms with Crippen molar-refractivity contribution in [1.82, 2.24) is 14.5 Å². The summed E-state index contributed by atoms with van der Waals surface area (Å²) < 4.78 is 6.38. The van der Waals surface area contributed by atoms with Gasteiger partial charge in [0.2, 0.25) is 11.8 Å². The Morgan fingerprint density at radius 2 is 2.10 bits per heavy atom. The summed E-state index contributed by atoms with van der Waals surface area (Å²) in [6, 6.07) is 4.44. The van der Waals surface area contributed by atoms with Crippen molar-refractivity contribution in [1.29, 1.82) is 0 Å². The van der Waals surface area contributed by atoms with Gasteiger partial charge in [-0.3, -0.25) is 14.9 Å². The second-order valence-corrected chi connectivity index (χ2v) is 4.19. The number of aromatic nitrogens is 3. The van der Waals surface area contributed by atoms with Crippen LogP contribution in [0, 0.1) is 6.92 Å². The Kier molecular flexibility index (Phi) is 3.79. The number of aryl methyl sites for hydroxylation is 2. The van der Waals surface area contributed by atoms with E-state index in [1.165, 1.54) is 23.9 Å². The first-order chi connectivity index (χ1) is 9.49. The van der Waals surface area contributed by atoms with Crippen LogP contribution in [0.15, 0.2) is 29.2 Å². The molecule has 0 atom stereocenters. The van der Waals surface area contributed by atoms with Crippen LogP contribution in [0.3, 0.4) is 0 Å². The molecule has 2 rings (SSSR count). The van der Waals surface area contributed by atoms with Crippen LogP contribution in [0.4, 0.5) is 5.95 Å². The monoisotopic (exact) mass is 274 g/mol. The topological polar surface area (TPSA) is 86.1 Å². The highest BCUT2D eigenvalue weighted by atomic mass is 16.5. The fraction of sp³-hybridized carbons (Fsp3) is 0.231. The van der Waals surface area contributed by atoms with E-state index < -0.39 is 5.91 Å². The Morgan fingerprint density at radius 1 is 1.35 bits per heavy atom. The number of hydrogen-bond acceptors (Lipinski definition) is 5. The summed E-state index contributed by atoms with van der Waals surface area (Å²) in [5, 5.41) is 2.53. The van der Waals surface area contributed by atoms with Gasteiger partial charge in [-0.1, -0.05) is 0 Å². The van der Waals surface area contributed by atoms with Gasteiger partial charge in [0.1, 0.15) is 0 Å². The van der Waals surface area contributed by atoms with Gasteiger partial charge in [-0.15, -0.1) is 0 Å². The molecule has 0 aliphatic heterocycles. The maximum absolute atomic E-state index is 12.0. The van der Waals surface area contributed by atoms with Crippen LogP contribution in [-0.2, 0) is 7.05 Å². The Hall–Kier alpha value is -2.70. The lowest BCUT2D eigenvalue weighted by atomic mass is 10.2. The molecule has 20 heavy (non-hydrogen) atoms. The van der Waals surface area contributed by atoms with E-state index in [0.29, 0.717) is 11.6 Å². The van der Waals surface area contributed by atoms with Crippen LogP contribution in [-0.4, -0.2) is 27.6 Å². The second-order valence-electron chi connectivity index (χ2n) is 4.19. The number of pyridine rings is 1. The molecular formula is C13H14N4O3. The Labute approximate surface area is 115 Å². The summed E-state index contributed by atoms with van der Waals surface area (Å²) >= 11 is 0. The zero-order valence-corrected chi connectivity index (χ0v) is 11.4. The number of carbonyl (C=O) groups is 1. The zero-order valence-electron chi connectivity index (χ0n) is 11.4. The molecule has 0 radical (unpaired) electrons. The fourth-order valence-corrected chi connectivity index (χ4v) is 1.56. The molecule has 1 amide bonds. The minimum absolute atomic E-state index is 0.132. The van der Waals surface area contributed by atoms with E-state index in [4.69, 9.17) is 4.74 Å². The third kappa shape index (κ3) is 3.00. The predicted molar refractivity (Wildman–Crippen MR) is 73.0 cm³/mol. The molecule has 0 spiro atoms. The number of hydrogen-bond donors (Lipinski definition) is 1. The predicted octanol–water partition coefficient (Wildman–Crippen LogP) is 0.745. The highest BCUT2D eigenvalue weighted by Gasteiger charge is 2.10. The van der Waals surface area contributed by atoms with Crippen molar-refractivity contribution in [2.24, 2.45) is 7.05 Å². The Morgan fingerprint density at radius 3 is 2.75 bits per heavy atom. The minimum atomic E-state index is -0.449. The molecule has 0 fully saturated rings. The molecular weight excluding hydrogens is 260 g/mol. The minimum Gasteiger partial charge on any atom is -0.481 e. The molecule has 0 saturated carbocycles. The van der Waals surface area contributed by atoms with E-state index in [1.807, 2.05) is 0 Å². The standard InChI is InChI=1S/C13H14N4O3/c1-8-6-10(20-3)15-13(14-8)16-12(19)9-4-5-17(2)11(18)7-9/h4-7H,1-3H3,(H,14,15,16,19). The number of nitrogens with one attached hydrogen (secondary N) is 1. The number of anilines is 1. The Bertz CT molecular complexity index is 709. The van der Waals surface area contributed by atoms with Crippen LogP contribution in [0.1, 0.15) is 16.1 Å². The molecule has 0 aliphatic carbocycles. The van der Waals surface area contributed by atoms with E-state index >= 15 is 0 Å². The summed E-state index contributed by atoms with van der Waals surface area (Å²) in [6.07, 6.45) is 1.52. The van der Waals surface area contributed by atoms with E-state index in [1.54, 1.807) is 26.1 Å². The molecule has 2 aromatic heterocycles. The van der Waals surface area contributed by atoms with E-state index in [0.717, 1.165) is 0 Å². The third-order valence-corrected chi connectivity index (χ3v) is 2.63. The van der Waals surface area contributed by atoms with Crippen molar-refractivity contribution >= 4 is 11.9 Å². The van der Waals surface area contributed by atoms with Gasteiger partial charge in [-0.05, 0) is 13.0 Å². The van der Waals surface area contributed by atoms with Gasteiger partial charge < -0.3 is 9.30 Å². The van der Waals surface area contributed by atoms with Crippen LogP contribution in [0.25, 0.3) is 0 Å². The summed E-state index contributed by atoms with van der Waals surface area (Å²) in [7, 11) is 3.09. The van der Waals surface area contributed by atoms with Gasteiger partial charge in [-0.2, -0.15) is 4.98 Å². The third-order valence-electron chi connectivity index (χ3n) is 2.63. The molecule has 1 N–H and O–H groups in total. The molecule has 0 aromatic carbocycles. The maximum atomic E-state index is 12.0. The lowest BCUT2D eigenvalue weighted by Crippen LogP contribution is -2.20. The molecule has 2 aromatic rings. The van der Waals surface area contributed by atoms with Gasteiger partial charge in [0.05, 0.1) is 7.11 Å². The highest BCUT2D eigenvalue weighted by Crippen LogP contribution is 2.11. The number of carbonyl (C=O) groups excluding carboxylic acids is 1. The second kappa shape index (κ2) is 5.52. The zero-order chi connectivity index (χ0) is 14.7.